The van der Waals surface area contributed by atoms with E-state index in [-0.39, 0.29) is 50.4 Å². The number of aromatic nitrogens is 5. The summed E-state index contributed by atoms with van der Waals surface area (Å²) in [4.78, 5) is 33.9. The van der Waals surface area contributed by atoms with E-state index < -0.39 is 29.1 Å². The van der Waals surface area contributed by atoms with Crippen LogP contribution in [0, 0.1) is 5.82 Å². The Balaban J connectivity index is 2.08. The third-order valence-electron chi connectivity index (χ3n) is 6.04. The number of carboxylic acids is 1. The SMILES string of the molecule is COc1ncc(-n2nc(C(=O)O)c(C(Nc3cc(Cl)cn(C)c3=O)c3ccc(Cl)cc3F)c2C(C)C)c(OC)n1. The third-order valence-corrected chi connectivity index (χ3v) is 6.48. The molecule has 4 aromatic rings. The maximum absolute atomic E-state index is 15.5. The Hall–Kier alpha value is -4.16. The molecule has 0 fully saturated rings. The Kier molecular flexibility index (Phi) is 8.31. The first kappa shape index (κ1) is 28.8. The molecule has 0 bridgehead atoms. The lowest BCUT2D eigenvalue weighted by Crippen LogP contribution is -2.25. The van der Waals surface area contributed by atoms with Gasteiger partial charge in [0.2, 0.25) is 5.88 Å². The Labute approximate surface area is 238 Å². The van der Waals surface area contributed by atoms with Gasteiger partial charge in [0.05, 0.1) is 37.2 Å². The Morgan fingerprint density at radius 2 is 1.88 bits per heavy atom. The summed E-state index contributed by atoms with van der Waals surface area (Å²) < 4.78 is 28.6. The molecule has 3 heterocycles. The number of nitrogens with one attached hydrogen (secondary N) is 1. The number of rotatable bonds is 9. The van der Waals surface area contributed by atoms with Crippen LogP contribution in [0.25, 0.3) is 5.69 Å². The molecule has 4 rings (SSSR count). The van der Waals surface area contributed by atoms with E-state index in [2.05, 4.69) is 20.4 Å². The highest BCUT2D eigenvalue weighted by molar-refractivity contribution is 6.31. The second kappa shape index (κ2) is 11.5. The molecule has 0 aliphatic rings. The van der Waals surface area contributed by atoms with Crippen molar-refractivity contribution in [1.82, 2.24) is 24.3 Å². The van der Waals surface area contributed by atoms with Crippen LogP contribution in [0.1, 0.15) is 53.1 Å². The molecule has 0 aliphatic heterocycles. The molecule has 210 valence electrons. The number of aryl methyl sites for hydroxylation is 1. The summed E-state index contributed by atoms with van der Waals surface area (Å²) in [7, 11) is 4.28. The normalized spacial score (nSPS) is 11.9. The molecule has 0 spiro atoms. The highest BCUT2D eigenvalue weighted by Gasteiger charge is 2.34. The summed E-state index contributed by atoms with van der Waals surface area (Å²) in [5.41, 5.74) is -0.142. The average molecular weight is 591 g/mol. The van der Waals surface area contributed by atoms with Crippen molar-refractivity contribution in [1.29, 1.82) is 0 Å². The minimum Gasteiger partial charge on any atom is -0.479 e. The van der Waals surface area contributed by atoms with Gasteiger partial charge in [-0.15, -0.1) is 0 Å². The highest BCUT2D eigenvalue weighted by atomic mass is 35.5. The average Bonchev–Trinajstić information content (AvgIpc) is 3.30. The first-order chi connectivity index (χ1) is 19.0. The van der Waals surface area contributed by atoms with E-state index in [1.165, 1.54) is 61.1 Å². The number of carboxylic acid groups (broad SMARTS) is 1. The summed E-state index contributed by atoms with van der Waals surface area (Å²) >= 11 is 12.2. The summed E-state index contributed by atoms with van der Waals surface area (Å²) in [5.74, 6) is -2.42. The number of halogens is 3. The Bertz CT molecular complexity index is 1660. The molecule has 0 amide bonds. The predicted molar refractivity (Wildman–Crippen MR) is 147 cm³/mol. The number of benzene rings is 1. The number of anilines is 1. The number of methoxy groups -OCH3 is 2. The van der Waals surface area contributed by atoms with Gasteiger partial charge >= 0.3 is 12.0 Å². The summed E-state index contributed by atoms with van der Waals surface area (Å²) in [5, 5.41) is 18.0. The molecule has 0 radical (unpaired) electrons. The van der Waals surface area contributed by atoms with Crippen molar-refractivity contribution < 1.29 is 23.8 Å². The minimum absolute atomic E-state index is 0.0125. The van der Waals surface area contributed by atoms with Gasteiger partial charge in [0.1, 0.15) is 17.2 Å². The third kappa shape index (κ3) is 5.45. The van der Waals surface area contributed by atoms with Crippen LogP contribution in [0.3, 0.4) is 0 Å². The van der Waals surface area contributed by atoms with Gasteiger partial charge in [0.15, 0.2) is 5.69 Å². The van der Waals surface area contributed by atoms with E-state index >= 15 is 4.39 Å². The van der Waals surface area contributed by atoms with Crippen LogP contribution in [-0.2, 0) is 7.05 Å². The number of ether oxygens (including phenoxy) is 2. The van der Waals surface area contributed by atoms with Gasteiger partial charge in [0, 0.05) is 29.4 Å². The van der Waals surface area contributed by atoms with Crippen LogP contribution in [0.4, 0.5) is 10.1 Å². The molecule has 3 aromatic heterocycles. The lowest BCUT2D eigenvalue weighted by atomic mass is 9.91. The number of nitrogens with zero attached hydrogens (tertiary/aromatic N) is 5. The molecule has 0 aliphatic carbocycles. The van der Waals surface area contributed by atoms with Crippen LogP contribution in [0.5, 0.6) is 11.9 Å². The lowest BCUT2D eigenvalue weighted by molar-refractivity contribution is 0.0688. The van der Waals surface area contributed by atoms with Crippen molar-refractivity contribution in [2.24, 2.45) is 7.05 Å². The zero-order valence-corrected chi connectivity index (χ0v) is 23.6. The highest BCUT2D eigenvalue weighted by Crippen LogP contribution is 2.38. The van der Waals surface area contributed by atoms with E-state index in [0.29, 0.717) is 5.69 Å². The summed E-state index contributed by atoms with van der Waals surface area (Å²) in [6, 6.07) is 4.16. The van der Waals surface area contributed by atoms with Crippen LogP contribution in [0.15, 0.2) is 41.5 Å². The Morgan fingerprint density at radius 1 is 1.15 bits per heavy atom. The molecule has 1 aromatic carbocycles. The molecule has 2 N–H and O–H groups in total. The molecule has 1 atom stereocenters. The van der Waals surface area contributed by atoms with Gasteiger partial charge in [-0.25, -0.2) is 18.9 Å². The second-order valence-corrected chi connectivity index (χ2v) is 9.87. The lowest BCUT2D eigenvalue weighted by Gasteiger charge is -2.24. The smallest absolute Gasteiger partial charge is 0.356 e. The number of hydrogen-bond acceptors (Lipinski definition) is 8. The van der Waals surface area contributed by atoms with Gasteiger partial charge in [-0.2, -0.15) is 10.1 Å². The first-order valence-electron chi connectivity index (χ1n) is 11.9. The second-order valence-electron chi connectivity index (χ2n) is 9.00. The fraction of sp³-hybridized carbons (Fsp3) is 0.269. The first-order valence-corrected chi connectivity index (χ1v) is 12.6. The van der Waals surface area contributed by atoms with Crippen molar-refractivity contribution >= 4 is 34.9 Å². The zero-order valence-electron chi connectivity index (χ0n) is 22.1. The summed E-state index contributed by atoms with van der Waals surface area (Å²) in [6.45, 7) is 3.63. The molecule has 11 nitrogen and oxygen atoms in total. The van der Waals surface area contributed by atoms with E-state index in [9.17, 15) is 14.7 Å². The molecule has 0 saturated carbocycles. The van der Waals surface area contributed by atoms with Crippen molar-refractivity contribution in [3.05, 3.63) is 85.4 Å². The Morgan fingerprint density at radius 3 is 2.48 bits per heavy atom. The summed E-state index contributed by atoms with van der Waals surface area (Å²) in [6.07, 6.45) is 2.79. The quantitative estimate of drug-likeness (QED) is 0.280. The minimum atomic E-state index is -1.38. The number of pyridine rings is 1. The van der Waals surface area contributed by atoms with Gasteiger partial charge < -0.3 is 24.5 Å². The van der Waals surface area contributed by atoms with Crippen LogP contribution >= 0.6 is 23.2 Å². The predicted octanol–water partition coefficient (Wildman–Crippen LogP) is 4.85. The fourth-order valence-electron chi connectivity index (χ4n) is 4.33. The maximum Gasteiger partial charge on any atom is 0.356 e. The molecule has 1 unspecified atom stereocenters. The topological polar surface area (TPSA) is 133 Å². The van der Waals surface area contributed by atoms with Gasteiger partial charge in [0.25, 0.3) is 5.56 Å². The van der Waals surface area contributed by atoms with E-state index in [4.69, 9.17) is 32.7 Å². The maximum atomic E-state index is 15.5. The van der Waals surface area contributed by atoms with Crippen molar-refractivity contribution in [3.63, 3.8) is 0 Å². The molecular formula is C26H25Cl2FN6O5. The monoisotopic (exact) mass is 590 g/mol. The van der Waals surface area contributed by atoms with Gasteiger partial charge in [-0.1, -0.05) is 43.1 Å². The van der Waals surface area contributed by atoms with Gasteiger partial charge in [-0.3, -0.25) is 4.79 Å². The van der Waals surface area contributed by atoms with Crippen LogP contribution in [0.2, 0.25) is 10.0 Å². The molecule has 40 heavy (non-hydrogen) atoms. The number of carbonyl (C=O) groups is 1. The largest absolute Gasteiger partial charge is 0.479 e. The van der Waals surface area contributed by atoms with Crippen LogP contribution in [-0.4, -0.2) is 49.6 Å². The van der Waals surface area contributed by atoms with E-state index in [1.807, 2.05) is 13.8 Å². The zero-order chi connectivity index (χ0) is 29.3. The fourth-order valence-corrected chi connectivity index (χ4v) is 4.75. The molecular weight excluding hydrogens is 566 g/mol. The van der Waals surface area contributed by atoms with E-state index in [1.54, 1.807) is 0 Å². The van der Waals surface area contributed by atoms with E-state index in [0.717, 1.165) is 6.07 Å². The number of hydrogen-bond donors (Lipinski definition) is 2. The standard InChI is InChI=1S/C26H25Cl2FN6O5/c1-12(2)22-19(21(25(37)38)33-35(22)18-10-30-26(40-5)32-23(18)39-4)20(15-7-6-13(27)8-16(15)29)31-17-9-14(28)11-34(3)24(17)36/h6-12,20,31H,1-5H3,(H,37,38). The van der Waals surface area contributed by atoms with Crippen molar-refractivity contribution in [2.75, 3.05) is 19.5 Å². The van der Waals surface area contributed by atoms with Crippen molar-refractivity contribution in [2.45, 2.75) is 25.8 Å². The van der Waals surface area contributed by atoms with Crippen LogP contribution < -0.4 is 20.3 Å². The van der Waals surface area contributed by atoms with Gasteiger partial charge in [-0.05, 0) is 24.1 Å². The van der Waals surface area contributed by atoms with Crippen molar-refractivity contribution in [3.8, 4) is 17.6 Å². The number of aromatic carboxylic acids is 1. The molecule has 0 saturated heterocycles. The molecule has 14 heteroatoms.